The highest BCUT2D eigenvalue weighted by Gasteiger charge is 2.07. The largest absolute Gasteiger partial charge is 0.386 e. The van der Waals surface area contributed by atoms with Gasteiger partial charge in [0.25, 0.3) is 5.91 Å². The zero-order valence-electron chi connectivity index (χ0n) is 12.5. The fraction of sp³-hybridized carbons (Fsp3) is 0.375. The van der Waals surface area contributed by atoms with Crippen molar-refractivity contribution in [1.82, 2.24) is 10.6 Å². The average molecular weight is 287 g/mol. The van der Waals surface area contributed by atoms with E-state index in [-0.39, 0.29) is 11.5 Å². The topological polar surface area (TPSA) is 74.1 Å². The van der Waals surface area contributed by atoms with Gasteiger partial charge in [0.2, 0.25) is 0 Å². The zero-order valence-corrected chi connectivity index (χ0v) is 12.5. The second-order valence-corrected chi connectivity index (χ2v) is 4.64. The summed E-state index contributed by atoms with van der Waals surface area (Å²) in [7, 11) is 1.61. The Morgan fingerprint density at radius 1 is 1.38 bits per heavy atom. The first-order valence-electron chi connectivity index (χ1n) is 6.83. The van der Waals surface area contributed by atoms with E-state index in [0.29, 0.717) is 19.7 Å². The van der Waals surface area contributed by atoms with Crippen molar-refractivity contribution in [1.29, 1.82) is 5.26 Å². The van der Waals surface area contributed by atoms with Gasteiger partial charge >= 0.3 is 0 Å². The van der Waals surface area contributed by atoms with E-state index in [0.717, 1.165) is 12.0 Å². The predicted molar refractivity (Wildman–Crippen MR) is 81.2 cm³/mol. The summed E-state index contributed by atoms with van der Waals surface area (Å²) in [6, 6.07) is 9.95. The number of ether oxygens (including phenoxy) is 1. The number of carbonyl (C=O) groups is 1. The molecule has 0 atom stereocenters. The Labute approximate surface area is 125 Å². The summed E-state index contributed by atoms with van der Waals surface area (Å²) in [6.45, 7) is 3.67. The van der Waals surface area contributed by atoms with Crippen LogP contribution in [0.15, 0.2) is 36.0 Å². The third-order valence-corrected chi connectivity index (χ3v) is 2.85. The standard InChI is InChI=1S/C16H21N3O2/c1-13-4-6-14(7-5-13)11-18-12-15(10-17)16(20)19-8-3-9-21-2/h4-7,12,18H,3,8-9,11H2,1-2H3,(H,19,20)/b15-12-. The molecule has 1 amide bonds. The highest BCUT2D eigenvalue weighted by molar-refractivity contribution is 5.97. The number of benzene rings is 1. The third-order valence-electron chi connectivity index (χ3n) is 2.85. The molecule has 1 aromatic rings. The molecule has 0 aliphatic heterocycles. The minimum Gasteiger partial charge on any atom is -0.386 e. The molecule has 2 N–H and O–H groups in total. The summed E-state index contributed by atoms with van der Waals surface area (Å²) in [5.41, 5.74) is 2.36. The molecule has 0 fully saturated rings. The van der Waals surface area contributed by atoms with Gasteiger partial charge in [0.15, 0.2) is 0 Å². The van der Waals surface area contributed by atoms with Crippen LogP contribution in [0.4, 0.5) is 0 Å². The molecule has 1 aromatic carbocycles. The summed E-state index contributed by atoms with van der Waals surface area (Å²) < 4.78 is 4.89. The fourth-order valence-corrected chi connectivity index (χ4v) is 1.64. The number of nitrogens with one attached hydrogen (secondary N) is 2. The van der Waals surface area contributed by atoms with E-state index in [1.54, 1.807) is 7.11 Å². The zero-order chi connectivity index (χ0) is 15.5. The normalized spacial score (nSPS) is 10.8. The number of nitrogens with zero attached hydrogens (tertiary/aromatic N) is 1. The maximum Gasteiger partial charge on any atom is 0.263 e. The lowest BCUT2D eigenvalue weighted by Crippen LogP contribution is -2.27. The molecule has 5 nitrogen and oxygen atoms in total. The molecule has 0 saturated heterocycles. The van der Waals surface area contributed by atoms with Crippen molar-refractivity contribution in [3.8, 4) is 6.07 Å². The summed E-state index contributed by atoms with van der Waals surface area (Å²) >= 11 is 0. The van der Waals surface area contributed by atoms with E-state index in [4.69, 9.17) is 10.00 Å². The van der Waals surface area contributed by atoms with Crippen LogP contribution in [0.3, 0.4) is 0 Å². The number of rotatable bonds is 8. The van der Waals surface area contributed by atoms with Crippen molar-refractivity contribution in [2.45, 2.75) is 19.9 Å². The molecule has 0 bridgehead atoms. The molecule has 0 radical (unpaired) electrons. The lowest BCUT2D eigenvalue weighted by atomic mass is 10.1. The van der Waals surface area contributed by atoms with Crippen molar-refractivity contribution >= 4 is 5.91 Å². The average Bonchev–Trinajstić information content (AvgIpc) is 2.50. The quantitative estimate of drug-likeness (QED) is 0.433. The van der Waals surface area contributed by atoms with E-state index < -0.39 is 0 Å². The minimum atomic E-state index is -0.370. The second kappa shape index (κ2) is 9.56. The molecule has 0 heterocycles. The Kier molecular flexibility index (Phi) is 7.62. The number of amides is 1. The van der Waals surface area contributed by atoms with Crippen LogP contribution in [0.5, 0.6) is 0 Å². The maximum atomic E-state index is 11.7. The van der Waals surface area contributed by atoms with Gasteiger partial charge in [-0.25, -0.2) is 0 Å². The Morgan fingerprint density at radius 2 is 2.10 bits per heavy atom. The first-order chi connectivity index (χ1) is 10.2. The van der Waals surface area contributed by atoms with Crippen LogP contribution < -0.4 is 10.6 Å². The van der Waals surface area contributed by atoms with Crippen molar-refractivity contribution in [3.05, 3.63) is 47.2 Å². The highest BCUT2D eigenvalue weighted by atomic mass is 16.5. The molecule has 0 spiro atoms. The molecule has 0 unspecified atom stereocenters. The summed E-state index contributed by atoms with van der Waals surface area (Å²) in [6.07, 6.45) is 2.17. The van der Waals surface area contributed by atoms with Gasteiger partial charge in [0.05, 0.1) is 0 Å². The second-order valence-electron chi connectivity index (χ2n) is 4.64. The number of aryl methyl sites for hydroxylation is 1. The minimum absolute atomic E-state index is 0.0690. The van der Waals surface area contributed by atoms with Gasteiger partial charge in [0.1, 0.15) is 11.6 Å². The van der Waals surface area contributed by atoms with Gasteiger partial charge < -0.3 is 15.4 Å². The molecular weight excluding hydrogens is 266 g/mol. The third kappa shape index (κ3) is 6.59. The maximum absolute atomic E-state index is 11.7. The van der Waals surface area contributed by atoms with Crippen molar-refractivity contribution in [2.75, 3.05) is 20.3 Å². The molecule has 0 aromatic heterocycles. The number of nitriles is 1. The van der Waals surface area contributed by atoms with Crippen molar-refractivity contribution < 1.29 is 9.53 Å². The Hall–Kier alpha value is -2.32. The van der Waals surface area contributed by atoms with Gasteiger partial charge in [-0.15, -0.1) is 0 Å². The lowest BCUT2D eigenvalue weighted by molar-refractivity contribution is -0.117. The van der Waals surface area contributed by atoms with Crippen molar-refractivity contribution in [3.63, 3.8) is 0 Å². The van der Waals surface area contributed by atoms with E-state index >= 15 is 0 Å². The molecule has 0 aliphatic rings. The Bertz CT molecular complexity index is 515. The lowest BCUT2D eigenvalue weighted by Gasteiger charge is -2.05. The smallest absolute Gasteiger partial charge is 0.263 e. The number of methoxy groups -OCH3 is 1. The number of hydrogen-bond acceptors (Lipinski definition) is 4. The van der Waals surface area contributed by atoms with Gasteiger partial charge in [-0.05, 0) is 18.9 Å². The first-order valence-corrected chi connectivity index (χ1v) is 6.83. The SMILES string of the molecule is COCCCNC(=O)/C(C#N)=C\NCc1ccc(C)cc1. The Morgan fingerprint density at radius 3 is 2.71 bits per heavy atom. The van der Waals surface area contributed by atoms with Crippen molar-refractivity contribution in [2.24, 2.45) is 0 Å². The number of hydrogen-bond donors (Lipinski definition) is 2. The molecule has 0 saturated carbocycles. The first kappa shape index (κ1) is 16.7. The van der Waals surface area contributed by atoms with E-state index in [9.17, 15) is 4.79 Å². The van der Waals surface area contributed by atoms with Crippen LogP contribution in [-0.4, -0.2) is 26.2 Å². The van der Waals surface area contributed by atoms with Crippen LogP contribution in [0.1, 0.15) is 17.5 Å². The summed E-state index contributed by atoms with van der Waals surface area (Å²) in [4.78, 5) is 11.7. The summed E-state index contributed by atoms with van der Waals surface area (Å²) in [5.74, 6) is -0.370. The van der Waals surface area contributed by atoms with Crippen LogP contribution in [-0.2, 0) is 16.1 Å². The van der Waals surface area contributed by atoms with E-state index in [1.807, 2.05) is 37.3 Å². The molecule has 21 heavy (non-hydrogen) atoms. The van der Waals surface area contributed by atoms with Gasteiger partial charge in [-0.3, -0.25) is 4.79 Å². The van der Waals surface area contributed by atoms with E-state index in [2.05, 4.69) is 10.6 Å². The number of carbonyl (C=O) groups excluding carboxylic acids is 1. The monoisotopic (exact) mass is 287 g/mol. The van der Waals surface area contributed by atoms with Gasteiger partial charge in [-0.1, -0.05) is 29.8 Å². The van der Waals surface area contributed by atoms with Crippen LogP contribution >= 0.6 is 0 Å². The van der Waals surface area contributed by atoms with Crippen LogP contribution in [0, 0.1) is 18.3 Å². The predicted octanol–water partition coefficient (Wildman–Crippen LogP) is 1.64. The van der Waals surface area contributed by atoms with E-state index in [1.165, 1.54) is 11.8 Å². The highest BCUT2D eigenvalue weighted by Crippen LogP contribution is 2.02. The molecule has 112 valence electrons. The molecule has 0 aliphatic carbocycles. The van der Waals surface area contributed by atoms with Gasteiger partial charge in [0, 0.05) is 33.0 Å². The summed E-state index contributed by atoms with van der Waals surface area (Å²) in [5, 5.41) is 14.6. The van der Waals surface area contributed by atoms with Crippen LogP contribution in [0.25, 0.3) is 0 Å². The van der Waals surface area contributed by atoms with Crippen LogP contribution in [0.2, 0.25) is 0 Å². The fourth-order valence-electron chi connectivity index (χ4n) is 1.64. The molecule has 1 rings (SSSR count). The molecular formula is C16H21N3O2. The van der Waals surface area contributed by atoms with Gasteiger partial charge in [-0.2, -0.15) is 5.26 Å². The Balaban J connectivity index is 2.42. The molecule has 5 heteroatoms.